The quantitative estimate of drug-likeness (QED) is 0.575. The van der Waals surface area contributed by atoms with E-state index in [1.165, 1.54) is 18.2 Å². The summed E-state index contributed by atoms with van der Waals surface area (Å²) in [7, 11) is 0. The van der Waals surface area contributed by atoms with Gasteiger partial charge in [-0.25, -0.2) is 0 Å². The van der Waals surface area contributed by atoms with E-state index < -0.39 is 4.92 Å². The van der Waals surface area contributed by atoms with Gasteiger partial charge in [-0.3, -0.25) is 14.9 Å². The summed E-state index contributed by atoms with van der Waals surface area (Å²) in [5.74, 6) is 0. The van der Waals surface area contributed by atoms with E-state index in [9.17, 15) is 14.9 Å². The molecule has 16 heavy (non-hydrogen) atoms. The molecule has 1 aromatic carbocycles. The van der Waals surface area contributed by atoms with Gasteiger partial charge in [-0.05, 0) is 19.9 Å². The molecule has 84 valence electrons. The van der Waals surface area contributed by atoms with Crippen molar-refractivity contribution in [3.8, 4) is 0 Å². The lowest BCUT2D eigenvalue weighted by atomic mass is 10.2. The van der Waals surface area contributed by atoms with Crippen LogP contribution in [-0.2, 0) is 0 Å². The molecule has 0 unspecified atom stereocenters. The number of fused-ring (bicyclic) bond motifs is 1. The first-order chi connectivity index (χ1) is 7.52. The van der Waals surface area contributed by atoms with E-state index in [-0.39, 0.29) is 28.3 Å². The van der Waals surface area contributed by atoms with E-state index in [2.05, 4.69) is 0 Å². The largest absolute Gasteiger partial charge is 0.368 e. The summed E-state index contributed by atoms with van der Waals surface area (Å²) in [6.07, 6.45) is 0. The van der Waals surface area contributed by atoms with Gasteiger partial charge in [0.1, 0.15) is 0 Å². The van der Waals surface area contributed by atoms with Crippen LogP contribution in [0.1, 0.15) is 19.9 Å². The maximum Gasteiger partial charge on any atom is 0.315 e. The molecule has 0 amide bonds. The van der Waals surface area contributed by atoms with Crippen LogP contribution in [0.15, 0.2) is 27.5 Å². The normalized spacial score (nSPS) is 11.2. The van der Waals surface area contributed by atoms with Gasteiger partial charge in [-0.2, -0.15) is 4.74 Å². The molecular formula is C10H10N2O4. The number of non-ortho nitro benzene ring substituents is 1. The van der Waals surface area contributed by atoms with Crippen molar-refractivity contribution in [1.82, 2.24) is 4.74 Å². The zero-order chi connectivity index (χ0) is 11.9. The molecule has 1 heterocycles. The van der Waals surface area contributed by atoms with Gasteiger partial charge in [-0.15, -0.1) is 0 Å². The molecule has 0 radical (unpaired) electrons. The standard InChI is InChI=1S/C10H10N2O4/c1-6(2)11-10(13)7-4-3-5-8(12(14)15)9(7)16-11/h3-6H,1-2H3. The summed E-state index contributed by atoms with van der Waals surface area (Å²) in [4.78, 5) is 22.0. The Hall–Kier alpha value is -2.11. The number of nitro benzene ring substituents is 1. The molecule has 6 nitrogen and oxygen atoms in total. The number of benzene rings is 1. The van der Waals surface area contributed by atoms with Gasteiger partial charge in [0.05, 0.1) is 16.4 Å². The number of nitro groups is 1. The maximum absolute atomic E-state index is 11.8. The minimum atomic E-state index is -0.560. The second-order valence-electron chi connectivity index (χ2n) is 3.73. The van der Waals surface area contributed by atoms with Crippen molar-refractivity contribution in [2.75, 3.05) is 0 Å². The third kappa shape index (κ3) is 1.39. The zero-order valence-electron chi connectivity index (χ0n) is 8.84. The number of hydrogen-bond acceptors (Lipinski definition) is 4. The number of rotatable bonds is 2. The second kappa shape index (κ2) is 3.48. The Labute approximate surface area is 90.2 Å². The Bertz CT molecular complexity index is 609. The molecule has 0 fully saturated rings. The third-order valence-corrected chi connectivity index (χ3v) is 2.28. The highest BCUT2D eigenvalue weighted by molar-refractivity contribution is 5.84. The van der Waals surface area contributed by atoms with Crippen molar-refractivity contribution in [2.45, 2.75) is 19.9 Å². The summed E-state index contributed by atoms with van der Waals surface area (Å²) < 4.78 is 6.35. The van der Waals surface area contributed by atoms with Crippen LogP contribution in [0.4, 0.5) is 5.69 Å². The molecule has 6 heteroatoms. The molecule has 0 saturated heterocycles. The molecule has 0 bridgehead atoms. The molecule has 0 aliphatic rings. The maximum atomic E-state index is 11.8. The van der Waals surface area contributed by atoms with Crippen molar-refractivity contribution in [3.63, 3.8) is 0 Å². The van der Waals surface area contributed by atoms with Crippen LogP contribution < -0.4 is 5.56 Å². The predicted octanol–water partition coefficient (Wildman–Crippen LogP) is 2.08. The van der Waals surface area contributed by atoms with Crippen LogP contribution in [-0.4, -0.2) is 9.66 Å². The van der Waals surface area contributed by atoms with Crippen molar-refractivity contribution in [2.24, 2.45) is 0 Å². The van der Waals surface area contributed by atoms with Crippen LogP contribution in [0.5, 0.6) is 0 Å². The monoisotopic (exact) mass is 222 g/mol. The van der Waals surface area contributed by atoms with Crippen LogP contribution in [0.25, 0.3) is 11.0 Å². The summed E-state index contributed by atoms with van der Waals surface area (Å²) in [6.45, 7) is 3.55. The predicted molar refractivity (Wildman–Crippen MR) is 57.5 cm³/mol. The molecule has 0 N–H and O–H groups in total. The van der Waals surface area contributed by atoms with Crippen molar-refractivity contribution in [1.29, 1.82) is 0 Å². The van der Waals surface area contributed by atoms with Gasteiger partial charge >= 0.3 is 5.69 Å². The van der Waals surface area contributed by atoms with Gasteiger partial charge in [-0.1, -0.05) is 6.07 Å². The molecular weight excluding hydrogens is 212 g/mol. The topological polar surface area (TPSA) is 78.3 Å². The molecule has 0 spiro atoms. The molecule has 0 aliphatic heterocycles. The van der Waals surface area contributed by atoms with E-state index in [4.69, 9.17) is 4.52 Å². The Morgan fingerprint density at radius 2 is 2.12 bits per heavy atom. The highest BCUT2D eigenvalue weighted by atomic mass is 16.6. The lowest BCUT2D eigenvalue weighted by Gasteiger charge is -2.00. The number of nitrogens with zero attached hydrogens (tertiary/aromatic N) is 2. The summed E-state index contributed by atoms with van der Waals surface area (Å²) in [5.41, 5.74) is -0.492. The smallest absolute Gasteiger partial charge is 0.315 e. The fraction of sp³-hybridized carbons (Fsp3) is 0.300. The average molecular weight is 222 g/mol. The highest BCUT2D eigenvalue weighted by Crippen LogP contribution is 2.24. The van der Waals surface area contributed by atoms with Crippen molar-refractivity contribution >= 4 is 16.7 Å². The minimum absolute atomic E-state index is 0.0335. The summed E-state index contributed by atoms with van der Waals surface area (Å²) in [5, 5.41) is 11.0. The van der Waals surface area contributed by atoms with Crippen LogP contribution >= 0.6 is 0 Å². The van der Waals surface area contributed by atoms with Crippen molar-refractivity contribution in [3.05, 3.63) is 38.7 Å². The first-order valence-corrected chi connectivity index (χ1v) is 4.81. The number of aromatic nitrogens is 1. The van der Waals surface area contributed by atoms with Crippen LogP contribution in [0.2, 0.25) is 0 Å². The van der Waals surface area contributed by atoms with Gasteiger partial charge in [0.25, 0.3) is 5.56 Å². The van der Waals surface area contributed by atoms with E-state index in [1.54, 1.807) is 13.8 Å². The van der Waals surface area contributed by atoms with E-state index in [0.717, 1.165) is 4.74 Å². The molecule has 2 rings (SSSR count). The molecule has 2 aromatic rings. The fourth-order valence-electron chi connectivity index (χ4n) is 1.53. The molecule has 0 atom stereocenters. The fourth-order valence-corrected chi connectivity index (χ4v) is 1.53. The van der Waals surface area contributed by atoms with Gasteiger partial charge in [0.15, 0.2) is 0 Å². The Morgan fingerprint density at radius 1 is 1.44 bits per heavy atom. The second-order valence-corrected chi connectivity index (χ2v) is 3.73. The number of hydrogen-bond donors (Lipinski definition) is 0. The summed E-state index contributed by atoms with van der Waals surface area (Å²) >= 11 is 0. The van der Waals surface area contributed by atoms with Crippen molar-refractivity contribution < 1.29 is 9.45 Å². The number of para-hydroxylation sites is 1. The van der Waals surface area contributed by atoms with E-state index in [1.807, 2.05) is 0 Å². The Morgan fingerprint density at radius 3 is 2.69 bits per heavy atom. The van der Waals surface area contributed by atoms with Gasteiger partial charge in [0.2, 0.25) is 5.58 Å². The van der Waals surface area contributed by atoms with Crippen LogP contribution in [0.3, 0.4) is 0 Å². The van der Waals surface area contributed by atoms with Gasteiger partial charge in [0, 0.05) is 6.07 Å². The first kappa shape index (κ1) is 10.4. The highest BCUT2D eigenvalue weighted by Gasteiger charge is 2.20. The molecule has 0 aliphatic carbocycles. The molecule has 0 saturated carbocycles. The minimum Gasteiger partial charge on any atom is -0.368 e. The van der Waals surface area contributed by atoms with Crippen LogP contribution in [0, 0.1) is 10.1 Å². The zero-order valence-corrected chi connectivity index (χ0v) is 8.84. The van der Waals surface area contributed by atoms with Gasteiger partial charge < -0.3 is 4.52 Å². The lowest BCUT2D eigenvalue weighted by molar-refractivity contribution is -0.383. The SMILES string of the molecule is CC(C)n1oc2c([N+](=O)[O-])cccc2c1=O. The first-order valence-electron chi connectivity index (χ1n) is 4.81. The Kier molecular flexibility index (Phi) is 2.26. The Balaban J connectivity index is 2.86. The molecule has 1 aromatic heterocycles. The average Bonchev–Trinajstić information content (AvgIpc) is 2.56. The summed E-state index contributed by atoms with van der Waals surface area (Å²) in [6, 6.07) is 4.14. The third-order valence-electron chi connectivity index (χ3n) is 2.28. The van der Waals surface area contributed by atoms with E-state index in [0.29, 0.717) is 0 Å². The lowest BCUT2D eigenvalue weighted by Crippen LogP contribution is -2.15. The van der Waals surface area contributed by atoms with E-state index >= 15 is 0 Å².